The number of aryl methyl sites for hydroxylation is 1. The number of hydrogen-bond acceptors (Lipinski definition) is 2. The summed E-state index contributed by atoms with van der Waals surface area (Å²) in [5.74, 6) is 0.303. The van der Waals surface area contributed by atoms with Crippen molar-refractivity contribution in [1.29, 1.82) is 0 Å². The highest BCUT2D eigenvalue weighted by atomic mass is 35.5. The summed E-state index contributed by atoms with van der Waals surface area (Å²) in [6, 6.07) is 22.3. The van der Waals surface area contributed by atoms with Gasteiger partial charge in [0, 0.05) is 11.6 Å². The molecule has 0 aromatic heterocycles. The van der Waals surface area contributed by atoms with E-state index in [0.717, 1.165) is 35.5 Å². The number of fused-ring (bicyclic) bond motifs is 1. The van der Waals surface area contributed by atoms with Gasteiger partial charge in [-0.05, 0) is 90.2 Å². The highest BCUT2D eigenvalue weighted by Gasteiger charge is 2.21. The van der Waals surface area contributed by atoms with Crippen LogP contribution in [0.3, 0.4) is 0 Å². The summed E-state index contributed by atoms with van der Waals surface area (Å²) in [5.41, 5.74) is 8.68. The summed E-state index contributed by atoms with van der Waals surface area (Å²) in [6.07, 6.45) is 2.05. The molecular formula is C25H25Cl2NO. The molecule has 3 aromatic carbocycles. The molecule has 4 heteroatoms. The number of benzene rings is 3. The van der Waals surface area contributed by atoms with Crippen LogP contribution in [0.4, 0.5) is 0 Å². The van der Waals surface area contributed by atoms with Gasteiger partial charge in [-0.2, -0.15) is 0 Å². The normalized spacial score (nSPS) is 13.2. The first-order valence-electron chi connectivity index (χ1n) is 9.56. The maximum Gasteiger partial charge on any atom is 0.116 e. The molecule has 0 aliphatic heterocycles. The quantitative estimate of drug-likeness (QED) is 0.519. The molecule has 0 radical (unpaired) electrons. The molecule has 0 bridgehead atoms. The molecule has 0 saturated heterocycles. The monoisotopic (exact) mass is 425 g/mol. The fraction of sp³-hybridized carbons (Fsp3) is 0.200. The minimum atomic E-state index is 0. The molecule has 1 aliphatic carbocycles. The molecule has 29 heavy (non-hydrogen) atoms. The van der Waals surface area contributed by atoms with Crippen molar-refractivity contribution in [1.82, 2.24) is 4.90 Å². The van der Waals surface area contributed by atoms with Crippen LogP contribution in [0, 0.1) is 0 Å². The van der Waals surface area contributed by atoms with Crippen molar-refractivity contribution in [3.05, 3.63) is 94.0 Å². The molecule has 4 rings (SSSR count). The Morgan fingerprint density at radius 1 is 0.862 bits per heavy atom. The fourth-order valence-electron chi connectivity index (χ4n) is 4.05. The van der Waals surface area contributed by atoms with E-state index in [-0.39, 0.29) is 12.4 Å². The van der Waals surface area contributed by atoms with Crippen molar-refractivity contribution in [2.45, 2.75) is 12.8 Å². The van der Waals surface area contributed by atoms with Crippen LogP contribution in [0.15, 0.2) is 72.3 Å². The summed E-state index contributed by atoms with van der Waals surface area (Å²) in [4.78, 5) is 2.21. The van der Waals surface area contributed by atoms with Crippen LogP contribution in [0.5, 0.6) is 5.75 Å². The van der Waals surface area contributed by atoms with Gasteiger partial charge in [0.2, 0.25) is 0 Å². The topological polar surface area (TPSA) is 23.5 Å². The summed E-state index contributed by atoms with van der Waals surface area (Å²) >= 11 is 6.19. The number of halogens is 2. The molecule has 0 unspecified atom stereocenters. The van der Waals surface area contributed by atoms with E-state index in [1.165, 1.54) is 27.8 Å². The predicted molar refractivity (Wildman–Crippen MR) is 125 cm³/mol. The lowest BCUT2D eigenvalue weighted by molar-refractivity contribution is 0.439. The Kier molecular flexibility index (Phi) is 6.69. The van der Waals surface area contributed by atoms with Gasteiger partial charge in [-0.3, -0.25) is 0 Å². The van der Waals surface area contributed by atoms with Crippen LogP contribution in [-0.4, -0.2) is 30.6 Å². The molecule has 0 heterocycles. The zero-order valence-electron chi connectivity index (χ0n) is 16.7. The van der Waals surface area contributed by atoms with Crippen LogP contribution in [0.25, 0.3) is 16.7 Å². The molecule has 1 N–H and O–H groups in total. The second-order valence-electron chi connectivity index (χ2n) is 7.65. The van der Waals surface area contributed by atoms with E-state index >= 15 is 0 Å². The van der Waals surface area contributed by atoms with Crippen molar-refractivity contribution < 1.29 is 5.11 Å². The maximum atomic E-state index is 10.0. The number of phenols is 1. The van der Waals surface area contributed by atoms with Gasteiger partial charge in [-0.1, -0.05) is 54.1 Å². The van der Waals surface area contributed by atoms with Gasteiger partial charge in [-0.25, -0.2) is 0 Å². The van der Waals surface area contributed by atoms with Gasteiger partial charge in [0.05, 0.1) is 0 Å². The third kappa shape index (κ3) is 4.67. The van der Waals surface area contributed by atoms with Crippen molar-refractivity contribution in [2.24, 2.45) is 0 Å². The van der Waals surface area contributed by atoms with Gasteiger partial charge >= 0.3 is 0 Å². The summed E-state index contributed by atoms with van der Waals surface area (Å²) < 4.78 is 0. The van der Waals surface area contributed by atoms with Crippen molar-refractivity contribution in [3.63, 3.8) is 0 Å². The first kappa shape index (κ1) is 21.4. The highest BCUT2D eigenvalue weighted by Crippen LogP contribution is 2.39. The van der Waals surface area contributed by atoms with Gasteiger partial charge in [0.25, 0.3) is 0 Å². The van der Waals surface area contributed by atoms with Crippen LogP contribution in [-0.2, 0) is 6.42 Å². The van der Waals surface area contributed by atoms with Crippen LogP contribution in [0.2, 0.25) is 5.02 Å². The summed E-state index contributed by atoms with van der Waals surface area (Å²) in [5, 5.41) is 10.8. The third-order valence-electron chi connectivity index (χ3n) is 5.22. The average Bonchev–Trinajstić information content (AvgIpc) is 2.67. The van der Waals surface area contributed by atoms with Crippen LogP contribution < -0.4 is 0 Å². The fourth-order valence-corrected chi connectivity index (χ4v) is 4.24. The van der Waals surface area contributed by atoms with Crippen LogP contribution >= 0.6 is 24.0 Å². The van der Waals surface area contributed by atoms with Crippen molar-refractivity contribution in [3.8, 4) is 16.9 Å². The zero-order chi connectivity index (χ0) is 19.7. The Morgan fingerprint density at radius 2 is 1.59 bits per heavy atom. The molecule has 0 spiro atoms. The minimum Gasteiger partial charge on any atom is -0.508 e. The molecule has 2 nitrogen and oxygen atoms in total. The van der Waals surface area contributed by atoms with Gasteiger partial charge in [0.15, 0.2) is 0 Å². The highest BCUT2D eigenvalue weighted by molar-refractivity contribution is 6.30. The van der Waals surface area contributed by atoms with Crippen molar-refractivity contribution >= 4 is 29.6 Å². The number of nitrogens with zero attached hydrogens (tertiary/aromatic N) is 1. The second kappa shape index (κ2) is 9.04. The Bertz CT molecular complexity index is 1060. The Balaban J connectivity index is 0.00000240. The average molecular weight is 426 g/mol. The Labute approximate surface area is 183 Å². The van der Waals surface area contributed by atoms with Crippen molar-refractivity contribution in [2.75, 3.05) is 20.6 Å². The summed E-state index contributed by atoms with van der Waals surface area (Å²) in [7, 11) is 4.20. The van der Waals surface area contributed by atoms with E-state index in [2.05, 4.69) is 49.3 Å². The number of phenolic OH excluding ortho intramolecular Hbond substituents is 1. The van der Waals surface area contributed by atoms with Gasteiger partial charge in [-0.15, -0.1) is 12.4 Å². The van der Waals surface area contributed by atoms with Crippen LogP contribution in [0.1, 0.15) is 23.1 Å². The lowest BCUT2D eigenvalue weighted by Crippen LogP contribution is -2.19. The lowest BCUT2D eigenvalue weighted by atomic mass is 9.81. The summed E-state index contributed by atoms with van der Waals surface area (Å²) in [6.45, 7) is 0.917. The predicted octanol–water partition coefficient (Wildman–Crippen LogP) is 6.44. The van der Waals surface area contributed by atoms with E-state index in [9.17, 15) is 5.11 Å². The number of hydrogen-bond donors (Lipinski definition) is 1. The Morgan fingerprint density at radius 3 is 2.31 bits per heavy atom. The standard InChI is InChI=1S/C25H24ClNO.ClH/c1-27(2)16-21-10-9-19-13-18(17-5-3-7-22(26)14-17)11-12-24(19)25(21)20-6-4-8-23(28)15-20;/h3-8,11-15,28H,9-10,16H2,1-2H3;1H. The SMILES string of the molecule is CN(C)CC1=C(c2cccc(O)c2)c2ccc(-c3cccc(Cl)c3)cc2CC1.Cl. The smallest absolute Gasteiger partial charge is 0.116 e. The van der Waals surface area contributed by atoms with Gasteiger partial charge < -0.3 is 10.0 Å². The molecular weight excluding hydrogens is 401 g/mol. The molecule has 0 amide bonds. The molecule has 0 fully saturated rings. The van der Waals surface area contributed by atoms with E-state index in [1.807, 2.05) is 30.3 Å². The zero-order valence-corrected chi connectivity index (χ0v) is 18.2. The maximum absolute atomic E-state index is 10.0. The third-order valence-corrected chi connectivity index (χ3v) is 5.46. The number of rotatable bonds is 4. The minimum absolute atomic E-state index is 0. The van der Waals surface area contributed by atoms with E-state index < -0.39 is 0 Å². The van der Waals surface area contributed by atoms with Gasteiger partial charge in [0.1, 0.15) is 5.75 Å². The number of likely N-dealkylation sites (N-methyl/N-ethyl adjacent to an activating group) is 1. The molecule has 0 atom stereocenters. The van der Waals surface area contributed by atoms with E-state index in [0.29, 0.717) is 5.75 Å². The van der Waals surface area contributed by atoms with E-state index in [4.69, 9.17) is 11.6 Å². The molecule has 1 aliphatic rings. The molecule has 150 valence electrons. The molecule has 0 saturated carbocycles. The first-order valence-corrected chi connectivity index (χ1v) is 9.94. The Hall–Kier alpha value is -2.26. The second-order valence-corrected chi connectivity index (χ2v) is 8.09. The lowest BCUT2D eigenvalue weighted by Gasteiger charge is -2.26. The van der Waals surface area contributed by atoms with E-state index in [1.54, 1.807) is 6.07 Å². The molecule has 3 aromatic rings. The number of aromatic hydroxyl groups is 1. The largest absolute Gasteiger partial charge is 0.508 e. The first-order chi connectivity index (χ1) is 13.5.